The molecule has 6 nitrogen and oxygen atoms in total. The van der Waals surface area contributed by atoms with Gasteiger partial charge >= 0.3 is 0 Å². The third kappa shape index (κ3) is 3.68. The highest BCUT2D eigenvalue weighted by Gasteiger charge is 2.12. The summed E-state index contributed by atoms with van der Waals surface area (Å²) in [6.45, 7) is 2.04. The lowest BCUT2D eigenvalue weighted by molar-refractivity contribution is -0.116. The van der Waals surface area contributed by atoms with Crippen LogP contribution in [0, 0.1) is 0 Å². The number of para-hydroxylation sites is 1. The molecule has 3 rings (SSSR count). The molecule has 0 bridgehead atoms. The molecule has 0 aliphatic rings. The summed E-state index contributed by atoms with van der Waals surface area (Å²) in [5.41, 5.74) is 2.24. The van der Waals surface area contributed by atoms with Gasteiger partial charge in [0.15, 0.2) is 5.78 Å². The summed E-state index contributed by atoms with van der Waals surface area (Å²) in [7, 11) is 1.54. The van der Waals surface area contributed by atoms with Gasteiger partial charge in [-0.25, -0.2) is 4.98 Å². The average molecular weight is 337 g/mol. The molecule has 0 saturated carbocycles. The summed E-state index contributed by atoms with van der Waals surface area (Å²) in [4.78, 5) is 28.0. The fourth-order valence-corrected chi connectivity index (χ4v) is 2.73. The molecule has 1 N–H and O–H groups in total. The highest BCUT2D eigenvalue weighted by Crippen LogP contribution is 2.22. The normalized spacial score (nSPS) is 10.6. The molecule has 1 aromatic carbocycles. The van der Waals surface area contributed by atoms with Crippen molar-refractivity contribution in [2.24, 2.45) is 0 Å². The molecule has 25 heavy (non-hydrogen) atoms. The number of ether oxygens (including phenoxy) is 1. The van der Waals surface area contributed by atoms with Crippen molar-refractivity contribution in [1.29, 1.82) is 0 Å². The maximum absolute atomic E-state index is 12.2. The summed E-state index contributed by atoms with van der Waals surface area (Å²) in [5.74, 6) is 0.395. The number of nitrogens with zero attached hydrogens (tertiary/aromatic N) is 2. The number of aryl methyl sites for hydroxylation is 1. The van der Waals surface area contributed by atoms with E-state index in [1.807, 2.05) is 35.0 Å². The fraction of sp³-hybridized carbons (Fsp3) is 0.211. The van der Waals surface area contributed by atoms with E-state index in [2.05, 4.69) is 10.3 Å². The molecule has 1 amide bonds. The van der Waals surface area contributed by atoms with E-state index in [0.29, 0.717) is 30.1 Å². The molecule has 0 spiro atoms. The van der Waals surface area contributed by atoms with Gasteiger partial charge in [0.25, 0.3) is 0 Å². The average Bonchev–Trinajstić information content (AvgIpc) is 3.00. The van der Waals surface area contributed by atoms with E-state index in [9.17, 15) is 9.59 Å². The Balaban J connectivity index is 1.69. The first-order valence-corrected chi connectivity index (χ1v) is 7.97. The van der Waals surface area contributed by atoms with Crippen LogP contribution in [-0.4, -0.2) is 28.4 Å². The Kier molecular flexibility index (Phi) is 4.79. The summed E-state index contributed by atoms with van der Waals surface area (Å²) in [5, 5.41) is 3.72. The zero-order valence-corrected chi connectivity index (χ0v) is 14.2. The standard InChI is InChI=1S/C19H19N3O3/c1-13(23)16-12-22(17-6-4-3-5-15(16)17)10-9-18(24)21-14-7-8-19(25-2)20-11-14/h3-8,11-12H,9-10H2,1-2H3,(H,21,24). The number of rotatable bonds is 6. The number of ketones is 1. The molecule has 0 atom stereocenters. The number of methoxy groups -OCH3 is 1. The van der Waals surface area contributed by atoms with Crippen molar-refractivity contribution >= 4 is 28.3 Å². The van der Waals surface area contributed by atoms with Gasteiger partial charge in [-0.1, -0.05) is 18.2 Å². The number of benzene rings is 1. The predicted molar refractivity (Wildman–Crippen MR) is 96.0 cm³/mol. The second kappa shape index (κ2) is 7.17. The van der Waals surface area contributed by atoms with E-state index in [-0.39, 0.29) is 11.7 Å². The zero-order chi connectivity index (χ0) is 17.8. The van der Waals surface area contributed by atoms with Crippen LogP contribution in [0.1, 0.15) is 23.7 Å². The monoisotopic (exact) mass is 337 g/mol. The van der Waals surface area contributed by atoms with Gasteiger partial charge in [0.05, 0.1) is 19.0 Å². The molecule has 0 fully saturated rings. The molecule has 0 radical (unpaired) electrons. The van der Waals surface area contributed by atoms with E-state index in [0.717, 1.165) is 10.9 Å². The largest absolute Gasteiger partial charge is 0.481 e. The number of aromatic nitrogens is 2. The lowest BCUT2D eigenvalue weighted by Crippen LogP contribution is -2.14. The van der Waals surface area contributed by atoms with Crippen molar-refractivity contribution in [1.82, 2.24) is 9.55 Å². The Hall–Kier alpha value is -3.15. The van der Waals surface area contributed by atoms with Crippen molar-refractivity contribution in [3.05, 3.63) is 54.4 Å². The first kappa shape index (κ1) is 16.7. The molecule has 0 aliphatic heterocycles. The van der Waals surface area contributed by atoms with E-state index >= 15 is 0 Å². The van der Waals surface area contributed by atoms with E-state index in [1.54, 1.807) is 25.3 Å². The van der Waals surface area contributed by atoms with Crippen molar-refractivity contribution in [2.45, 2.75) is 19.9 Å². The number of pyridine rings is 1. The van der Waals surface area contributed by atoms with Crippen molar-refractivity contribution < 1.29 is 14.3 Å². The summed E-state index contributed by atoms with van der Waals surface area (Å²) >= 11 is 0. The maximum Gasteiger partial charge on any atom is 0.226 e. The van der Waals surface area contributed by atoms with E-state index in [1.165, 1.54) is 7.11 Å². The SMILES string of the molecule is COc1ccc(NC(=O)CCn2cc(C(C)=O)c3ccccc32)cn1. The number of hydrogen-bond donors (Lipinski definition) is 1. The lowest BCUT2D eigenvalue weighted by Gasteiger charge is -2.07. The highest BCUT2D eigenvalue weighted by atomic mass is 16.5. The quantitative estimate of drug-likeness (QED) is 0.701. The molecular weight excluding hydrogens is 318 g/mol. The number of nitrogens with one attached hydrogen (secondary N) is 1. The molecule has 0 aliphatic carbocycles. The third-order valence-electron chi connectivity index (χ3n) is 3.98. The van der Waals surface area contributed by atoms with Gasteiger partial charge in [0.2, 0.25) is 11.8 Å². The smallest absolute Gasteiger partial charge is 0.226 e. The number of amides is 1. The van der Waals surface area contributed by atoms with Crippen molar-refractivity contribution in [3.63, 3.8) is 0 Å². The van der Waals surface area contributed by atoms with Crippen molar-refractivity contribution in [3.8, 4) is 5.88 Å². The van der Waals surface area contributed by atoms with Crippen LogP contribution < -0.4 is 10.1 Å². The van der Waals surface area contributed by atoms with Crippen LogP contribution in [0.3, 0.4) is 0 Å². The predicted octanol–water partition coefficient (Wildman–Crippen LogP) is 3.28. The Morgan fingerprint density at radius 3 is 2.68 bits per heavy atom. The topological polar surface area (TPSA) is 73.2 Å². The maximum atomic E-state index is 12.2. The zero-order valence-electron chi connectivity index (χ0n) is 14.2. The van der Waals surface area contributed by atoms with Gasteiger partial charge < -0.3 is 14.6 Å². The molecule has 2 aromatic heterocycles. The summed E-state index contributed by atoms with van der Waals surface area (Å²) in [6.07, 6.45) is 3.66. The molecule has 2 heterocycles. The van der Waals surface area contributed by atoms with Gasteiger partial charge in [-0.05, 0) is 19.1 Å². The van der Waals surface area contributed by atoms with Crippen LogP contribution in [0.15, 0.2) is 48.8 Å². The number of carbonyl (C=O) groups is 2. The second-order valence-electron chi connectivity index (χ2n) is 5.70. The number of carbonyl (C=O) groups excluding carboxylic acids is 2. The van der Waals surface area contributed by atoms with Crippen LogP contribution in [0.4, 0.5) is 5.69 Å². The van der Waals surface area contributed by atoms with Gasteiger partial charge in [-0.15, -0.1) is 0 Å². The summed E-state index contributed by atoms with van der Waals surface area (Å²) < 4.78 is 6.93. The van der Waals surface area contributed by atoms with Crippen LogP contribution in [-0.2, 0) is 11.3 Å². The number of Topliss-reactive ketones (excluding diaryl/α,β-unsaturated/α-hetero) is 1. The van der Waals surface area contributed by atoms with Crippen LogP contribution in [0.25, 0.3) is 10.9 Å². The Labute approximate surface area is 145 Å². The molecule has 128 valence electrons. The van der Waals surface area contributed by atoms with Gasteiger partial charge in [-0.3, -0.25) is 9.59 Å². The first-order chi connectivity index (χ1) is 12.1. The minimum Gasteiger partial charge on any atom is -0.481 e. The van der Waals surface area contributed by atoms with E-state index in [4.69, 9.17) is 4.74 Å². The summed E-state index contributed by atoms with van der Waals surface area (Å²) in [6, 6.07) is 11.1. The Morgan fingerprint density at radius 2 is 2.00 bits per heavy atom. The minimum absolute atomic E-state index is 0.0173. The molecule has 3 aromatic rings. The third-order valence-corrected chi connectivity index (χ3v) is 3.98. The number of anilines is 1. The Morgan fingerprint density at radius 1 is 1.20 bits per heavy atom. The van der Waals surface area contributed by atoms with Gasteiger partial charge in [0.1, 0.15) is 0 Å². The minimum atomic E-state index is -0.117. The van der Waals surface area contributed by atoms with Crippen molar-refractivity contribution in [2.75, 3.05) is 12.4 Å². The molecule has 0 unspecified atom stereocenters. The number of fused-ring (bicyclic) bond motifs is 1. The van der Waals surface area contributed by atoms with Crippen LogP contribution in [0.5, 0.6) is 5.88 Å². The van der Waals surface area contributed by atoms with E-state index < -0.39 is 0 Å². The first-order valence-electron chi connectivity index (χ1n) is 7.97. The fourth-order valence-electron chi connectivity index (χ4n) is 2.73. The molecule has 0 saturated heterocycles. The highest BCUT2D eigenvalue weighted by molar-refractivity contribution is 6.07. The van der Waals surface area contributed by atoms with Crippen LogP contribution >= 0.6 is 0 Å². The van der Waals surface area contributed by atoms with Gasteiger partial charge in [0, 0.05) is 41.7 Å². The Bertz CT molecular complexity index is 913. The number of hydrogen-bond acceptors (Lipinski definition) is 4. The molecular formula is C19H19N3O3. The molecule has 6 heteroatoms. The lowest BCUT2D eigenvalue weighted by atomic mass is 10.1. The van der Waals surface area contributed by atoms with Gasteiger partial charge in [-0.2, -0.15) is 0 Å². The van der Waals surface area contributed by atoms with Crippen LogP contribution in [0.2, 0.25) is 0 Å². The second-order valence-corrected chi connectivity index (χ2v) is 5.70.